The minimum Gasteiger partial charge on any atom is -0.496 e. The number of carbonyl (C=O) groups excluding carboxylic acids is 2. The fourth-order valence-electron chi connectivity index (χ4n) is 7.61. The Balaban J connectivity index is 1.00. The Morgan fingerprint density at radius 1 is 0.915 bits per heavy atom. The molecule has 47 heavy (non-hydrogen) atoms. The summed E-state index contributed by atoms with van der Waals surface area (Å²) in [5, 5.41) is 6.37. The number of ether oxygens (including phenoxy) is 1. The molecule has 1 aromatic heterocycles. The number of hydrogen-bond acceptors (Lipinski definition) is 7. The molecule has 3 aliphatic heterocycles. The van der Waals surface area contributed by atoms with Crippen molar-refractivity contribution in [1.29, 1.82) is 0 Å². The molecule has 2 amide bonds. The third-order valence-electron chi connectivity index (χ3n) is 10.6. The van der Waals surface area contributed by atoms with E-state index >= 15 is 0 Å². The molecular formula is C37H46ClN5O4. The highest BCUT2D eigenvalue weighted by atomic mass is 35.5. The number of aromatic nitrogens is 1. The van der Waals surface area contributed by atoms with Gasteiger partial charge in [-0.05, 0) is 118 Å². The fourth-order valence-corrected chi connectivity index (χ4v) is 7.88. The first-order valence-electron chi connectivity index (χ1n) is 16.8. The Bertz CT molecular complexity index is 1690. The summed E-state index contributed by atoms with van der Waals surface area (Å²) in [6.07, 6.45) is 7.56. The van der Waals surface area contributed by atoms with Crippen LogP contribution in [0.5, 0.6) is 5.75 Å². The monoisotopic (exact) mass is 659 g/mol. The number of amides is 2. The van der Waals surface area contributed by atoms with Crippen LogP contribution in [-0.4, -0.2) is 60.6 Å². The van der Waals surface area contributed by atoms with Crippen LogP contribution >= 0.6 is 11.6 Å². The molecule has 6 rings (SSSR count). The summed E-state index contributed by atoms with van der Waals surface area (Å²) >= 11 is 6.91. The predicted molar refractivity (Wildman–Crippen MR) is 187 cm³/mol. The number of hydrogen-bond donors (Lipinski definition) is 2. The molecule has 3 aromatic rings. The van der Waals surface area contributed by atoms with E-state index in [1.54, 1.807) is 18.7 Å². The molecule has 3 aliphatic rings. The number of anilines is 2. The van der Waals surface area contributed by atoms with E-state index in [2.05, 4.69) is 38.6 Å². The topological polar surface area (TPSA) is 95.9 Å². The van der Waals surface area contributed by atoms with Gasteiger partial charge in [0.15, 0.2) is 0 Å². The molecule has 4 heterocycles. The summed E-state index contributed by atoms with van der Waals surface area (Å²) in [7, 11) is 3.48. The molecule has 0 bridgehead atoms. The average molecular weight is 660 g/mol. The number of imide groups is 1. The van der Waals surface area contributed by atoms with Crippen LogP contribution in [0.2, 0.25) is 5.02 Å². The number of aryl methyl sites for hydroxylation is 1. The lowest BCUT2D eigenvalue weighted by atomic mass is 9.78. The van der Waals surface area contributed by atoms with Crippen LogP contribution in [0.3, 0.4) is 0 Å². The second kappa shape index (κ2) is 14.1. The van der Waals surface area contributed by atoms with Crippen LogP contribution in [-0.2, 0) is 23.2 Å². The van der Waals surface area contributed by atoms with Crippen LogP contribution in [0.15, 0.2) is 47.4 Å². The van der Waals surface area contributed by atoms with Crippen molar-refractivity contribution in [3.63, 3.8) is 0 Å². The van der Waals surface area contributed by atoms with Gasteiger partial charge in [-0.25, -0.2) is 0 Å². The Kier molecular flexibility index (Phi) is 9.94. The standard InChI is InChI=1S/C37H46ClN5O4/c1-23-24(2)37(46)41(3)21-30(23)27-19-32(38)31(34(20-27)47-4)22-42-15-11-25(12-16-42)26-13-17-43(18-14-26)29-7-5-28(6-8-29)39-33-9-10-35(44)40-36(33)45/h5-8,19-21,25-26,33,39H,9-18,22H2,1-4H3,(H,40,44,45). The van der Waals surface area contributed by atoms with Gasteiger partial charge in [0.1, 0.15) is 11.8 Å². The zero-order valence-electron chi connectivity index (χ0n) is 27.9. The largest absolute Gasteiger partial charge is 0.496 e. The van der Waals surface area contributed by atoms with E-state index in [-0.39, 0.29) is 23.4 Å². The molecule has 0 aliphatic carbocycles. The van der Waals surface area contributed by atoms with E-state index in [9.17, 15) is 14.4 Å². The number of nitrogens with zero attached hydrogens (tertiary/aromatic N) is 3. The van der Waals surface area contributed by atoms with Gasteiger partial charge < -0.3 is 19.5 Å². The van der Waals surface area contributed by atoms with Gasteiger partial charge >= 0.3 is 0 Å². The quantitative estimate of drug-likeness (QED) is 0.301. The normalized spacial score (nSPS) is 19.9. The van der Waals surface area contributed by atoms with Crippen molar-refractivity contribution in [1.82, 2.24) is 14.8 Å². The first-order valence-corrected chi connectivity index (χ1v) is 17.2. The number of methoxy groups -OCH3 is 1. The molecule has 250 valence electrons. The maximum absolute atomic E-state index is 12.4. The molecular weight excluding hydrogens is 614 g/mol. The molecule has 0 radical (unpaired) electrons. The third kappa shape index (κ3) is 7.21. The maximum atomic E-state index is 12.4. The lowest BCUT2D eigenvalue weighted by molar-refractivity contribution is -0.133. The Morgan fingerprint density at radius 3 is 2.21 bits per heavy atom. The van der Waals surface area contributed by atoms with Gasteiger partial charge in [0, 0.05) is 72.4 Å². The highest BCUT2D eigenvalue weighted by Crippen LogP contribution is 2.38. The Morgan fingerprint density at radius 2 is 1.57 bits per heavy atom. The number of piperidine rings is 3. The molecule has 2 aromatic carbocycles. The van der Waals surface area contributed by atoms with Crippen molar-refractivity contribution in [2.24, 2.45) is 18.9 Å². The number of carbonyl (C=O) groups is 2. The van der Waals surface area contributed by atoms with Crippen LogP contribution in [0.4, 0.5) is 11.4 Å². The Labute approximate surface area is 282 Å². The fraction of sp³-hybridized carbons (Fsp3) is 0.486. The van der Waals surface area contributed by atoms with E-state index in [4.69, 9.17) is 16.3 Å². The van der Waals surface area contributed by atoms with Crippen LogP contribution < -0.4 is 25.8 Å². The van der Waals surface area contributed by atoms with Crippen molar-refractivity contribution in [3.8, 4) is 16.9 Å². The van der Waals surface area contributed by atoms with Crippen molar-refractivity contribution in [2.45, 2.75) is 65.0 Å². The van der Waals surface area contributed by atoms with Gasteiger partial charge in [-0.15, -0.1) is 0 Å². The molecule has 0 saturated carbocycles. The molecule has 0 spiro atoms. The van der Waals surface area contributed by atoms with Gasteiger partial charge in [0.05, 0.1) is 7.11 Å². The molecule has 10 heteroatoms. The van der Waals surface area contributed by atoms with Crippen molar-refractivity contribution < 1.29 is 14.3 Å². The second-order valence-electron chi connectivity index (χ2n) is 13.5. The highest BCUT2D eigenvalue weighted by molar-refractivity contribution is 6.32. The SMILES string of the molecule is COc1cc(-c2cn(C)c(=O)c(C)c2C)cc(Cl)c1CN1CCC(C2CCN(c3ccc(NC4CCC(=O)NC4=O)cc3)CC2)CC1. The van der Waals surface area contributed by atoms with Crippen LogP contribution in [0.25, 0.3) is 11.1 Å². The average Bonchev–Trinajstić information content (AvgIpc) is 3.08. The van der Waals surface area contributed by atoms with E-state index in [0.29, 0.717) is 17.9 Å². The van der Waals surface area contributed by atoms with Crippen molar-refractivity contribution >= 4 is 34.8 Å². The van der Waals surface area contributed by atoms with E-state index in [0.717, 1.165) is 83.8 Å². The molecule has 1 atom stereocenters. The van der Waals surface area contributed by atoms with Gasteiger partial charge in [-0.3, -0.25) is 24.6 Å². The summed E-state index contributed by atoms with van der Waals surface area (Å²) in [6, 6.07) is 12.0. The smallest absolute Gasteiger partial charge is 0.253 e. The molecule has 1 unspecified atom stereocenters. The zero-order valence-corrected chi connectivity index (χ0v) is 28.7. The van der Waals surface area contributed by atoms with Crippen LogP contribution in [0, 0.1) is 25.7 Å². The lowest BCUT2D eigenvalue weighted by Crippen LogP contribution is -2.47. The van der Waals surface area contributed by atoms with Crippen molar-refractivity contribution in [3.05, 3.63) is 74.7 Å². The number of halogens is 1. The van der Waals surface area contributed by atoms with Crippen LogP contribution in [0.1, 0.15) is 55.2 Å². The lowest BCUT2D eigenvalue weighted by Gasteiger charge is -2.41. The number of nitrogens with one attached hydrogen (secondary N) is 2. The second-order valence-corrected chi connectivity index (χ2v) is 13.9. The van der Waals surface area contributed by atoms with Gasteiger partial charge in [0.25, 0.3) is 5.56 Å². The number of likely N-dealkylation sites (tertiary alicyclic amines) is 1. The molecule has 2 N–H and O–H groups in total. The van der Waals surface area contributed by atoms with Gasteiger partial charge in [-0.1, -0.05) is 11.6 Å². The summed E-state index contributed by atoms with van der Waals surface area (Å²) < 4.78 is 7.48. The first kappa shape index (κ1) is 33.1. The minimum atomic E-state index is -0.368. The summed E-state index contributed by atoms with van der Waals surface area (Å²) in [5.41, 5.74) is 6.79. The van der Waals surface area contributed by atoms with Crippen molar-refractivity contribution in [2.75, 3.05) is 43.5 Å². The van der Waals surface area contributed by atoms with E-state index < -0.39 is 0 Å². The molecule has 3 saturated heterocycles. The summed E-state index contributed by atoms with van der Waals surface area (Å²) in [5.74, 6) is 1.82. The number of rotatable bonds is 8. The number of pyridine rings is 1. The predicted octanol–water partition coefficient (Wildman–Crippen LogP) is 5.68. The highest BCUT2D eigenvalue weighted by Gasteiger charge is 2.31. The number of benzene rings is 2. The van der Waals surface area contributed by atoms with Gasteiger partial charge in [0.2, 0.25) is 11.8 Å². The summed E-state index contributed by atoms with van der Waals surface area (Å²) in [6.45, 7) is 8.81. The van der Waals surface area contributed by atoms with Gasteiger partial charge in [-0.2, -0.15) is 0 Å². The minimum absolute atomic E-state index is 0.0164. The van der Waals surface area contributed by atoms with E-state index in [1.165, 1.54) is 31.4 Å². The zero-order chi connectivity index (χ0) is 33.2. The summed E-state index contributed by atoms with van der Waals surface area (Å²) in [4.78, 5) is 40.9. The first-order chi connectivity index (χ1) is 22.6. The maximum Gasteiger partial charge on any atom is 0.253 e. The molecule has 3 fully saturated rings. The Hall–Kier alpha value is -3.82. The molecule has 9 nitrogen and oxygen atoms in total. The van der Waals surface area contributed by atoms with E-state index in [1.807, 2.05) is 38.2 Å². The third-order valence-corrected chi connectivity index (χ3v) is 11.0.